The van der Waals surface area contributed by atoms with Gasteiger partial charge in [0.25, 0.3) is 5.91 Å². The van der Waals surface area contributed by atoms with Crippen LogP contribution in [0.25, 0.3) is 16.5 Å². The summed E-state index contributed by atoms with van der Waals surface area (Å²) in [6.45, 7) is 0. The number of carbonyl (C=O) groups excluding carboxylic acids is 1. The van der Waals surface area contributed by atoms with Gasteiger partial charge in [-0.1, -0.05) is 59.7 Å². The lowest BCUT2D eigenvalue weighted by Gasteiger charge is -2.02. The highest BCUT2D eigenvalue weighted by atomic mass is 16.1. The predicted octanol–water partition coefficient (Wildman–Crippen LogP) is 3.83. The molecule has 2 rings (SSSR count). The normalized spacial score (nSPS) is 11.1. The molecule has 1 N–H and O–H groups in total. The molecule has 0 atom stereocenters. The summed E-state index contributed by atoms with van der Waals surface area (Å²) in [4.78, 5) is 19.0. The van der Waals surface area contributed by atoms with E-state index < -0.39 is 0 Å². The van der Waals surface area contributed by atoms with E-state index in [0.717, 1.165) is 5.56 Å². The Morgan fingerprint density at radius 1 is 1.13 bits per heavy atom. The molecule has 1 amide bonds. The summed E-state index contributed by atoms with van der Waals surface area (Å²) in [5.74, 6) is -0.300. The molecule has 6 nitrogen and oxygen atoms in total. The second-order valence-electron chi connectivity index (χ2n) is 4.53. The third-order valence-corrected chi connectivity index (χ3v) is 2.99. The van der Waals surface area contributed by atoms with Crippen LogP contribution in [-0.2, 0) is 4.79 Å². The van der Waals surface area contributed by atoms with Crippen LogP contribution < -0.4 is 5.32 Å². The average molecular weight is 305 g/mol. The first kappa shape index (κ1) is 16.0. The summed E-state index contributed by atoms with van der Waals surface area (Å²) in [7, 11) is 1.55. The van der Waals surface area contributed by atoms with Crippen molar-refractivity contribution in [3.8, 4) is 0 Å². The maximum atomic E-state index is 12.0. The second-order valence-corrected chi connectivity index (χ2v) is 4.53. The van der Waals surface area contributed by atoms with Gasteiger partial charge >= 0.3 is 0 Å². The minimum atomic E-state index is -0.300. The molecular formula is C17H15N5O. The van der Waals surface area contributed by atoms with Crippen molar-refractivity contribution in [2.45, 2.75) is 0 Å². The number of hydrogen-bond donors (Lipinski definition) is 1. The number of azide groups is 1. The number of hydrogen-bond acceptors (Lipinski definition) is 3. The molecule has 0 heterocycles. The van der Waals surface area contributed by atoms with Gasteiger partial charge in [0.15, 0.2) is 0 Å². The summed E-state index contributed by atoms with van der Waals surface area (Å²) in [6, 6.07) is 16.4. The number of rotatable bonds is 5. The number of benzene rings is 2. The van der Waals surface area contributed by atoms with Crippen LogP contribution in [0.1, 0.15) is 11.1 Å². The van der Waals surface area contributed by atoms with Crippen LogP contribution in [0, 0.1) is 0 Å². The van der Waals surface area contributed by atoms with Gasteiger partial charge < -0.3 is 5.32 Å². The van der Waals surface area contributed by atoms with Crippen molar-refractivity contribution in [1.82, 2.24) is 5.32 Å². The summed E-state index contributed by atoms with van der Waals surface area (Å²) in [5.41, 5.74) is 10.8. The van der Waals surface area contributed by atoms with Crippen LogP contribution in [0.5, 0.6) is 0 Å². The predicted molar refractivity (Wildman–Crippen MR) is 91.3 cm³/mol. The van der Waals surface area contributed by atoms with E-state index in [1.54, 1.807) is 37.4 Å². The van der Waals surface area contributed by atoms with Crippen molar-refractivity contribution < 1.29 is 4.79 Å². The van der Waals surface area contributed by atoms with Gasteiger partial charge in [-0.2, -0.15) is 0 Å². The number of carbonyl (C=O) groups is 1. The Morgan fingerprint density at radius 2 is 1.83 bits per heavy atom. The Bertz CT molecular complexity index is 790. The van der Waals surface area contributed by atoms with Crippen LogP contribution in [0.15, 0.2) is 70.4 Å². The van der Waals surface area contributed by atoms with Crippen molar-refractivity contribution >= 4 is 23.9 Å². The number of nitrogens with one attached hydrogen (secondary N) is 1. The molecule has 0 bridgehead atoms. The van der Waals surface area contributed by atoms with Crippen LogP contribution in [0.3, 0.4) is 0 Å². The van der Waals surface area contributed by atoms with Crippen LogP contribution in [0.4, 0.5) is 5.69 Å². The van der Waals surface area contributed by atoms with Crippen LogP contribution in [0.2, 0.25) is 0 Å². The van der Waals surface area contributed by atoms with E-state index in [9.17, 15) is 4.79 Å². The van der Waals surface area contributed by atoms with E-state index in [1.807, 2.05) is 30.3 Å². The molecule has 0 aliphatic rings. The van der Waals surface area contributed by atoms with Gasteiger partial charge in [0.05, 0.1) is 0 Å². The van der Waals surface area contributed by atoms with Crippen molar-refractivity contribution in [3.05, 3.63) is 81.9 Å². The minimum Gasteiger partial charge on any atom is -0.354 e. The molecular weight excluding hydrogens is 290 g/mol. The maximum Gasteiger partial charge on any atom is 0.269 e. The maximum absolute atomic E-state index is 12.0. The van der Waals surface area contributed by atoms with E-state index in [2.05, 4.69) is 20.3 Å². The summed E-state index contributed by atoms with van der Waals surface area (Å²) in [6.07, 6.45) is 3.19. The molecule has 0 spiro atoms. The van der Waals surface area contributed by atoms with E-state index in [1.165, 1.54) is 6.21 Å². The van der Waals surface area contributed by atoms with Gasteiger partial charge in [0.2, 0.25) is 0 Å². The zero-order valence-electron chi connectivity index (χ0n) is 12.5. The lowest BCUT2D eigenvalue weighted by Crippen LogP contribution is -2.19. The number of likely N-dealkylation sites (N-methyl/N-ethyl adjacent to an activating group) is 1. The van der Waals surface area contributed by atoms with Gasteiger partial charge in [-0.15, -0.1) is 0 Å². The van der Waals surface area contributed by atoms with Crippen LogP contribution >= 0.6 is 0 Å². The molecule has 6 heteroatoms. The highest BCUT2D eigenvalue weighted by Gasteiger charge is 2.06. The topological polar surface area (TPSA) is 90.2 Å². The van der Waals surface area contributed by atoms with Gasteiger partial charge in [0, 0.05) is 29.4 Å². The van der Waals surface area contributed by atoms with E-state index in [4.69, 9.17) is 5.53 Å². The van der Waals surface area contributed by atoms with Gasteiger partial charge in [0.1, 0.15) is 5.70 Å². The summed E-state index contributed by atoms with van der Waals surface area (Å²) < 4.78 is 0. The standard InChI is InChI=1S/C17H15N5O/c1-19-17(23)16(11-13-7-3-2-4-8-13)20-12-14-9-5-6-10-15(14)21-22-18/h2-12H,1H3,(H,19,23)/b16-11-,20-12?. The first-order chi connectivity index (χ1) is 11.2. The quantitative estimate of drug-likeness (QED) is 0.294. The lowest BCUT2D eigenvalue weighted by atomic mass is 10.2. The number of aliphatic imine (C=N–C) groups is 1. The van der Waals surface area contributed by atoms with Gasteiger partial charge in [-0.05, 0) is 17.2 Å². The first-order valence-electron chi connectivity index (χ1n) is 6.91. The zero-order chi connectivity index (χ0) is 16.5. The fourth-order valence-corrected chi connectivity index (χ4v) is 1.87. The van der Waals surface area contributed by atoms with Crippen LogP contribution in [-0.4, -0.2) is 19.2 Å². The molecule has 23 heavy (non-hydrogen) atoms. The highest BCUT2D eigenvalue weighted by molar-refractivity contribution is 6.00. The van der Waals surface area contributed by atoms with Crippen molar-refractivity contribution in [1.29, 1.82) is 0 Å². The molecule has 0 aromatic heterocycles. The Balaban J connectivity index is 2.37. The molecule has 114 valence electrons. The van der Waals surface area contributed by atoms with Gasteiger partial charge in [-0.3, -0.25) is 9.79 Å². The number of nitrogens with zero attached hydrogens (tertiary/aromatic N) is 4. The molecule has 2 aromatic rings. The van der Waals surface area contributed by atoms with E-state index >= 15 is 0 Å². The summed E-state index contributed by atoms with van der Waals surface area (Å²) in [5, 5.41) is 6.16. The largest absolute Gasteiger partial charge is 0.354 e. The van der Waals surface area contributed by atoms with Crippen molar-refractivity contribution in [2.24, 2.45) is 10.1 Å². The van der Waals surface area contributed by atoms with Crippen molar-refractivity contribution in [2.75, 3.05) is 7.05 Å². The third-order valence-electron chi connectivity index (χ3n) is 2.99. The minimum absolute atomic E-state index is 0.259. The molecule has 0 unspecified atom stereocenters. The Morgan fingerprint density at radius 3 is 2.52 bits per heavy atom. The van der Waals surface area contributed by atoms with Gasteiger partial charge in [-0.25, -0.2) is 0 Å². The molecule has 2 aromatic carbocycles. The van der Waals surface area contributed by atoms with E-state index in [0.29, 0.717) is 11.3 Å². The first-order valence-corrected chi connectivity index (χ1v) is 6.91. The SMILES string of the molecule is CNC(=O)/C(=C/c1ccccc1)N=Cc1ccccc1N=[N+]=[N-]. The fraction of sp³-hybridized carbons (Fsp3) is 0.0588. The third kappa shape index (κ3) is 4.56. The molecule has 0 saturated heterocycles. The second kappa shape index (κ2) is 8.17. The zero-order valence-corrected chi connectivity index (χ0v) is 12.5. The molecule has 0 aliphatic heterocycles. The molecule has 0 saturated carbocycles. The smallest absolute Gasteiger partial charge is 0.269 e. The monoisotopic (exact) mass is 305 g/mol. The van der Waals surface area contributed by atoms with Crippen molar-refractivity contribution in [3.63, 3.8) is 0 Å². The number of amides is 1. The molecule has 0 aliphatic carbocycles. The Labute approximate surface area is 133 Å². The molecule has 0 radical (unpaired) electrons. The Kier molecular flexibility index (Phi) is 5.68. The average Bonchev–Trinajstić information content (AvgIpc) is 2.60. The molecule has 0 fully saturated rings. The Hall–Kier alpha value is -3.37. The fourth-order valence-electron chi connectivity index (χ4n) is 1.87. The lowest BCUT2D eigenvalue weighted by molar-refractivity contribution is -0.116. The highest BCUT2D eigenvalue weighted by Crippen LogP contribution is 2.17. The summed E-state index contributed by atoms with van der Waals surface area (Å²) >= 11 is 0. The van der Waals surface area contributed by atoms with E-state index in [-0.39, 0.29) is 11.6 Å².